The van der Waals surface area contributed by atoms with Gasteiger partial charge in [0.15, 0.2) is 0 Å². The number of anilines is 2. The molecule has 10 aromatic rings. The SMILES string of the molecule is CC(C)(C)C1=CC(c2ccc3c(c2)oc2ccccc23)C2C(=C1)c1cc(C(C)(C)C)cc(-c3ccc4c(c3)oc3ccccc34)c1N2c1ccc(-c2ccc(-c3ccccc3)cc2)cc1. The Morgan fingerprint density at radius 1 is 0.431 bits per heavy atom. The number of nitrogens with zero attached hydrogens (tertiary/aromatic N) is 1. The topological polar surface area (TPSA) is 29.5 Å². The van der Waals surface area contributed by atoms with Gasteiger partial charge in [-0.1, -0.05) is 175 Å². The lowest BCUT2D eigenvalue weighted by molar-refractivity contribution is 0.507. The van der Waals surface area contributed by atoms with E-state index in [0.29, 0.717) is 0 Å². The van der Waals surface area contributed by atoms with Crippen LogP contribution in [0.25, 0.3) is 82.8 Å². The molecule has 316 valence electrons. The predicted molar refractivity (Wildman–Crippen MR) is 273 cm³/mol. The fraction of sp³-hybridized carbons (Fsp3) is 0.161. The maximum atomic E-state index is 6.58. The minimum atomic E-state index is -0.0997. The van der Waals surface area contributed by atoms with E-state index >= 15 is 0 Å². The minimum Gasteiger partial charge on any atom is -0.456 e. The zero-order chi connectivity index (χ0) is 44.2. The summed E-state index contributed by atoms with van der Waals surface area (Å²) in [6, 6.07) is 64.2. The molecule has 1 aliphatic carbocycles. The molecular formula is C62H51NO2. The lowest BCUT2D eigenvalue weighted by Gasteiger charge is -2.38. The summed E-state index contributed by atoms with van der Waals surface area (Å²) < 4.78 is 13.1. The van der Waals surface area contributed by atoms with Gasteiger partial charge >= 0.3 is 0 Å². The number of para-hydroxylation sites is 2. The van der Waals surface area contributed by atoms with Crippen LogP contribution in [-0.4, -0.2) is 6.04 Å². The van der Waals surface area contributed by atoms with Crippen LogP contribution in [0.2, 0.25) is 0 Å². The van der Waals surface area contributed by atoms with Crippen molar-refractivity contribution in [1.82, 2.24) is 0 Å². The molecule has 2 unspecified atom stereocenters. The van der Waals surface area contributed by atoms with Crippen molar-refractivity contribution in [2.45, 2.75) is 58.9 Å². The highest BCUT2D eigenvalue weighted by Gasteiger charge is 2.45. The molecule has 3 heterocycles. The van der Waals surface area contributed by atoms with Gasteiger partial charge in [-0.3, -0.25) is 0 Å². The van der Waals surface area contributed by atoms with Crippen molar-refractivity contribution < 1.29 is 8.83 Å². The Morgan fingerprint density at radius 3 is 1.55 bits per heavy atom. The average Bonchev–Trinajstić information content (AvgIpc) is 4.00. The molecule has 3 heteroatoms. The van der Waals surface area contributed by atoms with Crippen LogP contribution in [0, 0.1) is 5.41 Å². The van der Waals surface area contributed by atoms with Gasteiger partial charge in [0.2, 0.25) is 0 Å². The van der Waals surface area contributed by atoms with Crippen molar-refractivity contribution in [3.63, 3.8) is 0 Å². The smallest absolute Gasteiger partial charge is 0.136 e. The van der Waals surface area contributed by atoms with Gasteiger partial charge in [0.1, 0.15) is 22.3 Å². The second kappa shape index (κ2) is 14.6. The van der Waals surface area contributed by atoms with E-state index in [0.717, 1.165) is 55.1 Å². The summed E-state index contributed by atoms with van der Waals surface area (Å²) in [7, 11) is 0. The van der Waals surface area contributed by atoms with E-state index in [9.17, 15) is 0 Å². The van der Waals surface area contributed by atoms with Crippen LogP contribution in [0.15, 0.2) is 202 Å². The molecule has 0 spiro atoms. The Kier molecular flexibility index (Phi) is 8.81. The fourth-order valence-electron chi connectivity index (χ4n) is 10.4. The summed E-state index contributed by atoms with van der Waals surface area (Å²) in [6.45, 7) is 14.0. The van der Waals surface area contributed by atoms with Gasteiger partial charge in [0, 0.05) is 44.3 Å². The van der Waals surface area contributed by atoms with Gasteiger partial charge in [-0.05, 0) is 116 Å². The Hall–Kier alpha value is -7.36. The molecule has 8 aromatic carbocycles. The van der Waals surface area contributed by atoms with Crippen molar-refractivity contribution in [3.05, 3.63) is 210 Å². The van der Waals surface area contributed by atoms with Gasteiger partial charge in [-0.15, -0.1) is 0 Å². The summed E-state index contributed by atoms with van der Waals surface area (Å²) in [4.78, 5) is 2.65. The number of fused-ring (bicyclic) bond motifs is 9. The van der Waals surface area contributed by atoms with E-state index in [4.69, 9.17) is 8.83 Å². The van der Waals surface area contributed by atoms with E-state index < -0.39 is 0 Å². The van der Waals surface area contributed by atoms with Gasteiger partial charge in [0.05, 0.1) is 11.7 Å². The second-order valence-electron chi connectivity index (χ2n) is 20.1. The van der Waals surface area contributed by atoms with Crippen LogP contribution in [0.1, 0.15) is 64.2 Å². The van der Waals surface area contributed by atoms with Crippen LogP contribution in [0.3, 0.4) is 0 Å². The lowest BCUT2D eigenvalue weighted by Crippen LogP contribution is -2.35. The number of benzene rings is 8. The quantitative estimate of drug-likeness (QED) is 0.173. The van der Waals surface area contributed by atoms with Crippen molar-refractivity contribution in [1.29, 1.82) is 0 Å². The molecule has 0 radical (unpaired) electrons. The summed E-state index contributed by atoms with van der Waals surface area (Å²) in [6.07, 6.45) is 5.06. The molecular weight excluding hydrogens is 791 g/mol. The minimum absolute atomic E-state index is 0.0169. The van der Waals surface area contributed by atoms with E-state index in [1.807, 2.05) is 6.07 Å². The van der Waals surface area contributed by atoms with Crippen molar-refractivity contribution in [2.75, 3.05) is 4.90 Å². The first-order chi connectivity index (χ1) is 31.5. The van der Waals surface area contributed by atoms with E-state index in [2.05, 4.69) is 228 Å². The molecule has 1 aliphatic heterocycles. The second-order valence-corrected chi connectivity index (χ2v) is 20.1. The average molecular weight is 842 g/mol. The monoisotopic (exact) mass is 841 g/mol. The largest absolute Gasteiger partial charge is 0.456 e. The molecule has 2 aromatic heterocycles. The molecule has 12 rings (SSSR count). The number of hydrogen-bond donors (Lipinski definition) is 0. The number of furan rings is 2. The highest BCUT2D eigenvalue weighted by Crippen LogP contribution is 2.58. The summed E-state index contributed by atoms with van der Waals surface area (Å²) in [5, 5.41) is 4.57. The van der Waals surface area contributed by atoms with Gasteiger partial charge in [-0.2, -0.15) is 0 Å². The Labute approximate surface area is 381 Å². The Morgan fingerprint density at radius 2 is 0.938 bits per heavy atom. The lowest BCUT2D eigenvalue weighted by atomic mass is 9.73. The molecule has 0 saturated heterocycles. The standard InChI is InChI=1S/C62H51NO2/c1-61(2,3)44-34-51(42-26-30-49-47-16-10-12-18-55(47)64-57(49)32-42)59-53(36-44)54-37-45(62(4,5)6)35-52(43-27-31-50-48-17-11-13-19-56(48)65-58(50)33-43)60(54)63(59)46-28-24-41(25-29-46)40-22-20-39(21-23-40)38-14-8-7-9-15-38/h7-37,51,59H,1-6H3. The van der Waals surface area contributed by atoms with E-state index in [1.54, 1.807) is 0 Å². The zero-order valence-corrected chi connectivity index (χ0v) is 37.8. The number of allylic oxidation sites excluding steroid dienone is 2. The molecule has 2 atom stereocenters. The number of rotatable bonds is 5. The molecule has 0 fully saturated rings. The summed E-state index contributed by atoms with van der Waals surface area (Å²) in [5.41, 5.74) is 19.5. The third kappa shape index (κ3) is 6.55. The number of hydrogen-bond acceptors (Lipinski definition) is 3. The van der Waals surface area contributed by atoms with Gasteiger partial charge in [0.25, 0.3) is 0 Å². The maximum absolute atomic E-state index is 6.58. The predicted octanol–water partition coefficient (Wildman–Crippen LogP) is 17.5. The highest BCUT2D eigenvalue weighted by molar-refractivity contribution is 6.08. The highest BCUT2D eigenvalue weighted by atomic mass is 16.3. The third-order valence-electron chi connectivity index (χ3n) is 13.9. The first kappa shape index (κ1) is 39.2. The van der Waals surface area contributed by atoms with Crippen LogP contribution in [0.4, 0.5) is 11.4 Å². The normalized spacial score (nSPS) is 16.3. The molecule has 0 amide bonds. The zero-order valence-electron chi connectivity index (χ0n) is 37.8. The van der Waals surface area contributed by atoms with Crippen LogP contribution >= 0.6 is 0 Å². The van der Waals surface area contributed by atoms with Gasteiger partial charge < -0.3 is 13.7 Å². The maximum Gasteiger partial charge on any atom is 0.136 e. The third-order valence-corrected chi connectivity index (χ3v) is 13.9. The molecule has 0 bridgehead atoms. The van der Waals surface area contributed by atoms with Crippen LogP contribution < -0.4 is 4.90 Å². The molecule has 0 saturated carbocycles. The molecule has 0 N–H and O–H groups in total. The first-order valence-corrected chi connectivity index (χ1v) is 23.0. The van der Waals surface area contributed by atoms with E-state index in [1.165, 1.54) is 61.3 Å². The van der Waals surface area contributed by atoms with Crippen molar-refractivity contribution in [3.8, 4) is 33.4 Å². The summed E-state index contributed by atoms with van der Waals surface area (Å²) in [5.74, 6) is 0.0169. The Balaban J connectivity index is 1.08. The Bertz CT molecular complexity index is 3550. The molecule has 65 heavy (non-hydrogen) atoms. The van der Waals surface area contributed by atoms with Crippen molar-refractivity contribution >= 4 is 60.8 Å². The van der Waals surface area contributed by atoms with Crippen LogP contribution in [0.5, 0.6) is 0 Å². The van der Waals surface area contributed by atoms with E-state index in [-0.39, 0.29) is 22.8 Å². The van der Waals surface area contributed by atoms with Gasteiger partial charge in [-0.25, -0.2) is 0 Å². The molecule has 2 aliphatic rings. The summed E-state index contributed by atoms with van der Waals surface area (Å²) >= 11 is 0. The molecule has 3 nitrogen and oxygen atoms in total. The fourth-order valence-corrected chi connectivity index (χ4v) is 10.4. The van der Waals surface area contributed by atoms with Crippen molar-refractivity contribution in [2.24, 2.45) is 5.41 Å². The van der Waals surface area contributed by atoms with Crippen LogP contribution in [-0.2, 0) is 5.41 Å². The first-order valence-electron chi connectivity index (χ1n) is 23.0.